The number of ether oxygens (including phenoxy) is 2. The third kappa shape index (κ3) is 7.62. The predicted octanol–water partition coefficient (Wildman–Crippen LogP) is 6.14. The molecule has 210 valence electrons. The summed E-state index contributed by atoms with van der Waals surface area (Å²) in [6.45, 7) is 0.385. The second-order valence-electron chi connectivity index (χ2n) is 9.78. The Morgan fingerprint density at radius 2 is 1.44 bits per heavy atom. The smallest absolute Gasteiger partial charge is 0.335 e. The van der Waals surface area contributed by atoms with Gasteiger partial charge in [0.2, 0.25) is 0 Å². The van der Waals surface area contributed by atoms with Gasteiger partial charge in [-0.15, -0.1) is 11.8 Å². The van der Waals surface area contributed by atoms with E-state index in [0.29, 0.717) is 24.3 Å². The lowest BCUT2D eigenvalue weighted by molar-refractivity contribution is -0.245. The Balaban J connectivity index is 1.27. The van der Waals surface area contributed by atoms with Crippen LogP contribution in [0.2, 0.25) is 0 Å². The molecular weight excluding hydrogens is 538 g/mol. The highest BCUT2D eigenvalue weighted by Gasteiger charge is 2.32. The summed E-state index contributed by atoms with van der Waals surface area (Å²) in [5.41, 5.74) is 4.56. The molecule has 4 aromatic carbocycles. The molecule has 5 rings (SSSR count). The Kier molecular flexibility index (Phi) is 9.48. The van der Waals surface area contributed by atoms with Crippen molar-refractivity contribution in [2.24, 2.45) is 0 Å². The summed E-state index contributed by atoms with van der Waals surface area (Å²) in [5.74, 6) is -0.403. The van der Waals surface area contributed by atoms with Crippen LogP contribution in [0, 0.1) is 0 Å². The Hall–Kier alpha value is -3.95. The number of carboxylic acid groups (broad SMARTS) is 1. The average Bonchev–Trinajstić information content (AvgIpc) is 3.03. The highest BCUT2D eigenvalue weighted by atomic mass is 32.2. The van der Waals surface area contributed by atoms with Gasteiger partial charge in [-0.2, -0.15) is 0 Å². The number of thioether (sulfide) groups is 1. The number of nitrogens with one attached hydrogen (secondary N) is 1. The molecule has 0 aromatic heterocycles. The molecule has 1 aliphatic heterocycles. The zero-order valence-corrected chi connectivity index (χ0v) is 23.1. The van der Waals surface area contributed by atoms with E-state index in [-0.39, 0.29) is 30.3 Å². The molecule has 3 N–H and O–H groups in total. The van der Waals surface area contributed by atoms with Gasteiger partial charge in [0.1, 0.15) is 0 Å². The van der Waals surface area contributed by atoms with Crippen molar-refractivity contribution >= 4 is 23.6 Å². The van der Waals surface area contributed by atoms with Crippen molar-refractivity contribution in [2.45, 2.75) is 43.0 Å². The molecule has 4 aromatic rings. The number of aliphatic hydroxyl groups is 1. The number of amides is 1. The summed E-state index contributed by atoms with van der Waals surface area (Å²) in [4.78, 5) is 24.5. The Morgan fingerprint density at radius 1 is 0.780 bits per heavy atom. The maximum Gasteiger partial charge on any atom is 0.335 e. The van der Waals surface area contributed by atoms with Crippen LogP contribution in [0.5, 0.6) is 0 Å². The fourth-order valence-corrected chi connectivity index (χ4v) is 5.49. The number of rotatable bonds is 10. The fraction of sp³-hybridized carbons (Fsp3) is 0.212. The third-order valence-corrected chi connectivity index (χ3v) is 8.04. The number of aromatic carboxylic acids is 1. The van der Waals surface area contributed by atoms with Crippen LogP contribution >= 0.6 is 11.8 Å². The van der Waals surface area contributed by atoms with Gasteiger partial charge in [-0.3, -0.25) is 4.79 Å². The van der Waals surface area contributed by atoms with E-state index >= 15 is 0 Å². The number of benzene rings is 4. The summed E-state index contributed by atoms with van der Waals surface area (Å²) in [7, 11) is 0. The molecule has 41 heavy (non-hydrogen) atoms. The first-order valence-electron chi connectivity index (χ1n) is 13.4. The first kappa shape index (κ1) is 28.6. The minimum absolute atomic E-state index is 0.0182. The molecule has 1 saturated heterocycles. The molecule has 1 amide bonds. The maximum atomic E-state index is 12.4. The second kappa shape index (κ2) is 13.6. The molecule has 0 unspecified atom stereocenters. The molecule has 0 spiro atoms. The van der Waals surface area contributed by atoms with E-state index in [1.807, 2.05) is 78.9 Å². The van der Waals surface area contributed by atoms with Gasteiger partial charge < -0.3 is 25.0 Å². The molecule has 0 bridgehead atoms. The second-order valence-corrected chi connectivity index (χ2v) is 10.9. The van der Waals surface area contributed by atoms with E-state index in [1.54, 1.807) is 36.0 Å². The van der Waals surface area contributed by atoms with Gasteiger partial charge in [0.05, 0.1) is 24.4 Å². The van der Waals surface area contributed by atoms with Crippen LogP contribution in [0.3, 0.4) is 0 Å². The van der Waals surface area contributed by atoms with Crippen molar-refractivity contribution in [2.75, 3.05) is 5.75 Å². The van der Waals surface area contributed by atoms with Gasteiger partial charge in [0.15, 0.2) is 6.29 Å². The molecule has 0 aliphatic carbocycles. The van der Waals surface area contributed by atoms with Gasteiger partial charge in [0.25, 0.3) is 5.91 Å². The summed E-state index contributed by atoms with van der Waals surface area (Å²) in [6, 6.07) is 31.5. The number of carbonyl (C=O) groups is 2. The van der Waals surface area contributed by atoms with Crippen molar-refractivity contribution in [3.63, 3.8) is 0 Å². The molecule has 0 radical (unpaired) electrons. The summed E-state index contributed by atoms with van der Waals surface area (Å²) in [5, 5.41) is 21.5. The van der Waals surface area contributed by atoms with Crippen molar-refractivity contribution in [1.82, 2.24) is 5.32 Å². The minimum Gasteiger partial charge on any atom is -0.478 e. The largest absolute Gasteiger partial charge is 0.478 e. The lowest BCUT2D eigenvalue weighted by Crippen LogP contribution is -2.31. The van der Waals surface area contributed by atoms with Crippen LogP contribution in [-0.4, -0.2) is 33.9 Å². The van der Waals surface area contributed by atoms with E-state index < -0.39 is 12.3 Å². The predicted molar refractivity (Wildman–Crippen MR) is 157 cm³/mol. The van der Waals surface area contributed by atoms with Crippen LogP contribution in [0.15, 0.2) is 108 Å². The minimum atomic E-state index is -0.947. The average molecular weight is 570 g/mol. The molecular formula is C33H31NO6S. The molecule has 1 aliphatic rings. The van der Waals surface area contributed by atoms with Crippen LogP contribution in [-0.2, 0) is 22.6 Å². The molecule has 1 fully saturated rings. The van der Waals surface area contributed by atoms with Crippen LogP contribution < -0.4 is 5.32 Å². The number of hydrogen-bond acceptors (Lipinski definition) is 6. The van der Waals surface area contributed by atoms with E-state index in [9.17, 15) is 14.7 Å². The summed E-state index contributed by atoms with van der Waals surface area (Å²) < 4.78 is 12.8. The van der Waals surface area contributed by atoms with E-state index in [4.69, 9.17) is 14.6 Å². The standard InChI is InChI=1S/C33H31NO6S/c35-20-23-8-10-24(11-9-23)30-18-28(21-41-29-16-14-26(15-17-29)32(37)38)39-33(40-30)27-12-6-22(7-13-27)19-34-31(36)25-4-2-1-3-5-25/h1-17,28,30,33,35H,18-21H2,(H,34,36)(H,37,38)/t28-,30+,33+/m1/s1. The number of aliphatic hydroxyl groups excluding tert-OH is 1. The molecule has 3 atom stereocenters. The van der Waals surface area contributed by atoms with E-state index in [1.165, 1.54) is 0 Å². The fourth-order valence-electron chi connectivity index (χ4n) is 4.57. The Bertz CT molecular complexity index is 1440. The van der Waals surface area contributed by atoms with Gasteiger partial charge in [0, 0.05) is 34.7 Å². The van der Waals surface area contributed by atoms with Crippen LogP contribution in [0.1, 0.15) is 61.8 Å². The van der Waals surface area contributed by atoms with Gasteiger partial charge in [-0.05, 0) is 53.1 Å². The lowest BCUT2D eigenvalue weighted by Gasteiger charge is -2.36. The first-order valence-corrected chi connectivity index (χ1v) is 14.4. The molecule has 8 heteroatoms. The Labute approximate surface area is 243 Å². The lowest BCUT2D eigenvalue weighted by atomic mass is 10.0. The molecule has 7 nitrogen and oxygen atoms in total. The van der Waals surface area contributed by atoms with Crippen molar-refractivity contribution in [1.29, 1.82) is 0 Å². The monoisotopic (exact) mass is 569 g/mol. The third-order valence-electron chi connectivity index (χ3n) is 6.89. The normalized spacial score (nSPS) is 18.5. The SMILES string of the molecule is O=C(O)c1ccc(SC[C@H]2C[C@@H](c3ccc(CO)cc3)O[C@@H](c3ccc(CNC(=O)c4ccccc4)cc3)O2)cc1. The van der Waals surface area contributed by atoms with Gasteiger partial charge in [-0.25, -0.2) is 4.79 Å². The number of carbonyl (C=O) groups excluding carboxylic acids is 1. The highest BCUT2D eigenvalue weighted by molar-refractivity contribution is 7.99. The quantitative estimate of drug-likeness (QED) is 0.197. The number of carboxylic acids is 1. The molecule has 0 saturated carbocycles. The Morgan fingerprint density at radius 3 is 2.10 bits per heavy atom. The van der Waals surface area contributed by atoms with Gasteiger partial charge in [-0.1, -0.05) is 66.7 Å². The maximum absolute atomic E-state index is 12.4. The van der Waals surface area contributed by atoms with Crippen molar-refractivity contribution < 1.29 is 29.3 Å². The van der Waals surface area contributed by atoms with E-state index in [2.05, 4.69) is 5.32 Å². The number of hydrogen-bond donors (Lipinski definition) is 3. The zero-order chi connectivity index (χ0) is 28.6. The summed E-state index contributed by atoms with van der Waals surface area (Å²) >= 11 is 1.61. The topological polar surface area (TPSA) is 105 Å². The summed E-state index contributed by atoms with van der Waals surface area (Å²) in [6.07, 6.45) is -0.255. The van der Waals surface area contributed by atoms with Crippen molar-refractivity contribution in [3.05, 3.63) is 137 Å². The first-order chi connectivity index (χ1) is 20.0. The zero-order valence-electron chi connectivity index (χ0n) is 22.3. The highest BCUT2D eigenvalue weighted by Crippen LogP contribution is 2.39. The van der Waals surface area contributed by atoms with Crippen molar-refractivity contribution in [3.8, 4) is 0 Å². The van der Waals surface area contributed by atoms with Crippen LogP contribution in [0.25, 0.3) is 0 Å². The van der Waals surface area contributed by atoms with Crippen LogP contribution in [0.4, 0.5) is 0 Å². The van der Waals surface area contributed by atoms with Gasteiger partial charge >= 0.3 is 5.97 Å². The molecule has 1 heterocycles. The van der Waals surface area contributed by atoms with E-state index in [0.717, 1.165) is 27.1 Å².